The summed E-state index contributed by atoms with van der Waals surface area (Å²) in [5.41, 5.74) is 7.24. The summed E-state index contributed by atoms with van der Waals surface area (Å²) >= 11 is 7.64. The number of rotatable bonds is 2. The minimum Gasteiger partial charge on any atom is -0.326 e. The molecule has 0 aliphatic rings. The van der Waals surface area contributed by atoms with Gasteiger partial charge in [-0.1, -0.05) is 29.8 Å². The van der Waals surface area contributed by atoms with Crippen LogP contribution in [0.15, 0.2) is 42.5 Å². The molecule has 4 heteroatoms. The van der Waals surface area contributed by atoms with Gasteiger partial charge in [-0.15, -0.1) is 11.3 Å². The van der Waals surface area contributed by atoms with Crippen LogP contribution in [0.2, 0.25) is 5.02 Å². The minimum absolute atomic E-state index is 0.239. The number of thiophene rings is 1. The quantitative estimate of drug-likeness (QED) is 0.720. The van der Waals surface area contributed by atoms with Crippen molar-refractivity contribution in [3.8, 4) is 11.1 Å². The Labute approximate surface area is 119 Å². The Kier molecular flexibility index (Phi) is 3.27. The Balaban J connectivity index is 2.38. The van der Waals surface area contributed by atoms with E-state index in [9.17, 15) is 4.39 Å². The molecule has 3 rings (SSSR count). The van der Waals surface area contributed by atoms with E-state index >= 15 is 0 Å². The number of hydrogen-bond donors (Lipinski definition) is 1. The highest BCUT2D eigenvalue weighted by atomic mass is 35.5. The average molecular weight is 292 g/mol. The Morgan fingerprint density at radius 1 is 1.16 bits per heavy atom. The molecule has 1 nitrogen and oxygen atoms in total. The van der Waals surface area contributed by atoms with E-state index in [1.807, 2.05) is 24.3 Å². The third-order valence-electron chi connectivity index (χ3n) is 3.05. The van der Waals surface area contributed by atoms with Crippen LogP contribution in [0, 0.1) is 5.82 Å². The molecule has 0 saturated heterocycles. The third-order valence-corrected chi connectivity index (χ3v) is 4.48. The molecule has 0 amide bonds. The van der Waals surface area contributed by atoms with Gasteiger partial charge in [0, 0.05) is 37.7 Å². The molecule has 0 aliphatic heterocycles. The maximum Gasteiger partial charge on any atom is 0.131 e. The van der Waals surface area contributed by atoms with Crippen LogP contribution in [0.4, 0.5) is 4.39 Å². The summed E-state index contributed by atoms with van der Waals surface area (Å²) in [6.07, 6.45) is 0. The van der Waals surface area contributed by atoms with E-state index in [0.29, 0.717) is 17.1 Å². The molecule has 1 heterocycles. The van der Waals surface area contributed by atoms with E-state index in [-0.39, 0.29) is 5.82 Å². The van der Waals surface area contributed by atoms with Gasteiger partial charge in [0.05, 0.1) is 0 Å². The zero-order valence-corrected chi connectivity index (χ0v) is 11.6. The predicted octanol–water partition coefficient (Wildman–Crippen LogP) is 4.82. The maximum absolute atomic E-state index is 14.0. The lowest BCUT2D eigenvalue weighted by Gasteiger charge is -2.05. The van der Waals surface area contributed by atoms with E-state index in [4.69, 9.17) is 17.3 Å². The van der Waals surface area contributed by atoms with Gasteiger partial charge in [0.25, 0.3) is 0 Å². The van der Waals surface area contributed by atoms with Crippen LogP contribution in [0.5, 0.6) is 0 Å². The average Bonchev–Trinajstić information content (AvgIpc) is 2.77. The van der Waals surface area contributed by atoms with Crippen LogP contribution in [0.1, 0.15) is 4.88 Å². The van der Waals surface area contributed by atoms with Crippen LogP contribution >= 0.6 is 22.9 Å². The number of halogens is 2. The van der Waals surface area contributed by atoms with E-state index in [1.54, 1.807) is 23.5 Å². The standard InChI is InChI=1S/C15H11ClFNS/c16-9-5-6-13-11(7-9)15(14(8-18)19-13)10-3-1-2-4-12(10)17/h1-7H,8,18H2. The molecule has 0 saturated carbocycles. The molecule has 0 atom stereocenters. The van der Waals surface area contributed by atoms with Gasteiger partial charge in [0.2, 0.25) is 0 Å². The highest BCUT2D eigenvalue weighted by Gasteiger charge is 2.16. The van der Waals surface area contributed by atoms with Gasteiger partial charge >= 0.3 is 0 Å². The molecule has 2 aromatic carbocycles. The highest BCUT2D eigenvalue weighted by molar-refractivity contribution is 7.19. The van der Waals surface area contributed by atoms with Crippen molar-refractivity contribution >= 4 is 33.0 Å². The number of nitrogens with two attached hydrogens (primary N) is 1. The first-order valence-electron chi connectivity index (χ1n) is 5.86. The first-order valence-corrected chi connectivity index (χ1v) is 7.06. The summed E-state index contributed by atoms with van der Waals surface area (Å²) in [5.74, 6) is -0.239. The topological polar surface area (TPSA) is 26.0 Å². The smallest absolute Gasteiger partial charge is 0.131 e. The van der Waals surface area contributed by atoms with Crippen molar-refractivity contribution in [1.29, 1.82) is 0 Å². The summed E-state index contributed by atoms with van der Waals surface area (Å²) in [6, 6.07) is 12.4. The molecule has 0 fully saturated rings. The van der Waals surface area contributed by atoms with Crippen LogP contribution in [-0.2, 0) is 6.54 Å². The van der Waals surface area contributed by atoms with E-state index in [2.05, 4.69) is 0 Å². The molecular weight excluding hydrogens is 281 g/mol. The molecule has 96 valence electrons. The Bertz CT molecular complexity index is 751. The van der Waals surface area contributed by atoms with Crippen LogP contribution in [0.3, 0.4) is 0 Å². The summed E-state index contributed by atoms with van der Waals surface area (Å²) in [6.45, 7) is 0.390. The van der Waals surface area contributed by atoms with Crippen LogP contribution < -0.4 is 5.73 Å². The van der Waals surface area contributed by atoms with E-state index in [0.717, 1.165) is 20.5 Å². The van der Waals surface area contributed by atoms with Gasteiger partial charge in [-0.05, 0) is 24.3 Å². The summed E-state index contributed by atoms with van der Waals surface area (Å²) in [7, 11) is 0. The Hall–Kier alpha value is -1.42. The molecule has 0 spiro atoms. The molecule has 0 unspecified atom stereocenters. The van der Waals surface area contributed by atoms with Crippen LogP contribution in [0.25, 0.3) is 21.2 Å². The third kappa shape index (κ3) is 2.14. The second-order valence-electron chi connectivity index (χ2n) is 4.22. The first-order chi connectivity index (χ1) is 9.20. The van der Waals surface area contributed by atoms with Gasteiger partial charge in [-0.3, -0.25) is 0 Å². The highest BCUT2D eigenvalue weighted by Crippen LogP contribution is 2.40. The van der Waals surface area contributed by atoms with E-state index < -0.39 is 0 Å². The molecular formula is C15H11ClFNS. The fourth-order valence-electron chi connectivity index (χ4n) is 2.22. The van der Waals surface area contributed by atoms with Gasteiger partial charge in [-0.2, -0.15) is 0 Å². The minimum atomic E-state index is -0.239. The first kappa shape index (κ1) is 12.6. The Morgan fingerprint density at radius 3 is 2.68 bits per heavy atom. The number of fused-ring (bicyclic) bond motifs is 1. The lowest BCUT2D eigenvalue weighted by molar-refractivity contribution is 0.631. The zero-order chi connectivity index (χ0) is 13.4. The second kappa shape index (κ2) is 4.93. The summed E-state index contributed by atoms with van der Waals surface area (Å²) in [5, 5.41) is 1.61. The largest absolute Gasteiger partial charge is 0.326 e. The number of benzene rings is 2. The lowest BCUT2D eigenvalue weighted by atomic mass is 10.0. The molecule has 0 radical (unpaired) electrons. The summed E-state index contributed by atoms with van der Waals surface area (Å²) in [4.78, 5) is 0.974. The molecule has 2 N–H and O–H groups in total. The maximum atomic E-state index is 14.0. The van der Waals surface area contributed by atoms with Crippen molar-refractivity contribution in [2.75, 3.05) is 0 Å². The molecule has 0 aliphatic carbocycles. The fraction of sp³-hybridized carbons (Fsp3) is 0.0667. The van der Waals surface area contributed by atoms with Crippen LogP contribution in [-0.4, -0.2) is 0 Å². The van der Waals surface area contributed by atoms with Gasteiger partial charge in [-0.25, -0.2) is 4.39 Å². The summed E-state index contributed by atoms with van der Waals surface area (Å²) < 4.78 is 15.1. The van der Waals surface area contributed by atoms with Gasteiger partial charge in [0.1, 0.15) is 5.82 Å². The van der Waals surface area contributed by atoms with Gasteiger partial charge < -0.3 is 5.73 Å². The van der Waals surface area contributed by atoms with Crippen molar-refractivity contribution < 1.29 is 4.39 Å². The molecule has 1 aromatic heterocycles. The van der Waals surface area contributed by atoms with Crippen molar-refractivity contribution in [3.63, 3.8) is 0 Å². The molecule has 3 aromatic rings. The van der Waals surface area contributed by atoms with Crippen molar-refractivity contribution in [1.82, 2.24) is 0 Å². The van der Waals surface area contributed by atoms with Crippen molar-refractivity contribution in [2.24, 2.45) is 5.73 Å². The van der Waals surface area contributed by atoms with Crippen molar-refractivity contribution in [3.05, 3.63) is 58.2 Å². The van der Waals surface area contributed by atoms with Gasteiger partial charge in [0.15, 0.2) is 0 Å². The van der Waals surface area contributed by atoms with E-state index in [1.165, 1.54) is 6.07 Å². The van der Waals surface area contributed by atoms with Crippen molar-refractivity contribution in [2.45, 2.75) is 6.54 Å². The molecule has 19 heavy (non-hydrogen) atoms. The second-order valence-corrected chi connectivity index (χ2v) is 5.80. The monoisotopic (exact) mass is 291 g/mol. The fourth-order valence-corrected chi connectivity index (χ4v) is 3.47. The number of hydrogen-bond acceptors (Lipinski definition) is 2. The SMILES string of the molecule is NCc1sc2ccc(Cl)cc2c1-c1ccccc1F. The molecule has 0 bridgehead atoms. The normalized spacial score (nSPS) is 11.1. The zero-order valence-electron chi connectivity index (χ0n) is 9.99. The predicted molar refractivity (Wildman–Crippen MR) is 80.1 cm³/mol. The lowest BCUT2D eigenvalue weighted by Crippen LogP contribution is -1.96. The Morgan fingerprint density at radius 2 is 1.95 bits per heavy atom.